The van der Waals surface area contributed by atoms with E-state index >= 15 is 0 Å². The van der Waals surface area contributed by atoms with Crippen LogP contribution in [-0.2, 0) is 24.2 Å². The predicted octanol–water partition coefficient (Wildman–Crippen LogP) is 3.20. The Kier molecular flexibility index (Phi) is 6.31. The number of carbonyl (C=O) groups is 1. The molecule has 6 heteroatoms. The fraction of sp³-hybridized carbons (Fsp3) is 0.400. The molecule has 2 N–H and O–H groups in total. The van der Waals surface area contributed by atoms with E-state index in [-0.39, 0.29) is 5.91 Å². The Morgan fingerprint density at radius 1 is 1.38 bits per heavy atom. The van der Waals surface area contributed by atoms with E-state index in [1.54, 1.807) is 11.3 Å². The number of amides is 1. The van der Waals surface area contributed by atoms with Crippen LogP contribution in [0.1, 0.15) is 40.8 Å². The van der Waals surface area contributed by atoms with Gasteiger partial charge in [-0.15, -0.1) is 11.3 Å². The van der Waals surface area contributed by atoms with Crippen molar-refractivity contribution in [1.82, 2.24) is 0 Å². The molecule has 1 aliphatic carbocycles. The summed E-state index contributed by atoms with van der Waals surface area (Å²) in [5, 5.41) is 13.9. The second-order valence-corrected chi connectivity index (χ2v) is 8.38. The molecule has 0 spiro atoms. The van der Waals surface area contributed by atoms with E-state index in [4.69, 9.17) is 11.6 Å². The third-order valence-corrected chi connectivity index (χ3v) is 6.15. The summed E-state index contributed by atoms with van der Waals surface area (Å²) in [5.41, 5.74) is 2.99. The topological polar surface area (TPSA) is 57.3 Å². The number of nitrogens with one attached hydrogen (secondary N) is 2. The monoisotopic (exact) mass is 388 g/mol. The van der Waals surface area contributed by atoms with Crippen molar-refractivity contribution in [2.75, 3.05) is 18.9 Å². The first-order valence-electron chi connectivity index (χ1n) is 8.97. The molecule has 4 nitrogen and oxygen atoms in total. The number of thiophene rings is 1. The van der Waals surface area contributed by atoms with Crippen LogP contribution in [0.3, 0.4) is 0 Å². The maximum Gasteiger partial charge on any atom is 0.230 e. The summed E-state index contributed by atoms with van der Waals surface area (Å²) >= 11 is 7.60. The van der Waals surface area contributed by atoms with Crippen molar-refractivity contribution in [3.8, 4) is 6.07 Å². The zero-order valence-corrected chi connectivity index (χ0v) is 16.5. The molecule has 136 valence electrons. The van der Waals surface area contributed by atoms with Gasteiger partial charge in [-0.05, 0) is 43.4 Å². The van der Waals surface area contributed by atoms with E-state index in [0.29, 0.717) is 12.0 Å². The van der Waals surface area contributed by atoms with Crippen LogP contribution in [0.2, 0.25) is 5.02 Å². The molecule has 1 aliphatic rings. The Bertz CT molecular complexity index is 840. The van der Waals surface area contributed by atoms with Crippen LogP contribution >= 0.6 is 22.9 Å². The number of rotatable bonds is 6. The molecule has 26 heavy (non-hydrogen) atoms. The fourth-order valence-corrected chi connectivity index (χ4v) is 4.84. The molecule has 1 aromatic carbocycles. The Hall–Kier alpha value is -1.87. The molecule has 0 aliphatic heterocycles. The molecule has 2 aromatic rings. The molecule has 0 saturated heterocycles. The standard InChI is InChI=1S/C20H22ClN3OS/c1-24(13-14-5-4-6-15(21)11-14)10-9-19(25)23-20-17(12-22)16-7-2-3-8-18(16)26-20/h4-6,11H,2-3,7-10,13H2,1H3,(H,23,25)/p+1. The smallest absolute Gasteiger partial charge is 0.230 e. The minimum atomic E-state index is -0.0226. The lowest BCUT2D eigenvalue weighted by molar-refractivity contribution is -0.893. The van der Waals surface area contributed by atoms with Crippen molar-refractivity contribution in [1.29, 1.82) is 5.26 Å². The van der Waals surface area contributed by atoms with Crippen LogP contribution in [-0.4, -0.2) is 19.5 Å². The Morgan fingerprint density at radius 2 is 2.19 bits per heavy atom. The van der Waals surface area contributed by atoms with Crippen LogP contribution in [0.25, 0.3) is 0 Å². The second kappa shape index (κ2) is 8.68. The van der Waals surface area contributed by atoms with Gasteiger partial charge < -0.3 is 10.2 Å². The molecule has 0 fully saturated rings. The highest BCUT2D eigenvalue weighted by Gasteiger charge is 2.22. The summed E-state index contributed by atoms with van der Waals surface area (Å²) in [7, 11) is 2.07. The summed E-state index contributed by atoms with van der Waals surface area (Å²) in [4.78, 5) is 14.9. The van der Waals surface area contributed by atoms with Crippen molar-refractivity contribution in [2.24, 2.45) is 0 Å². The number of halogens is 1. The average molecular weight is 389 g/mol. The molecule has 1 atom stereocenters. The van der Waals surface area contributed by atoms with Gasteiger partial charge in [-0.3, -0.25) is 4.79 Å². The van der Waals surface area contributed by atoms with Crippen molar-refractivity contribution >= 4 is 33.8 Å². The van der Waals surface area contributed by atoms with Gasteiger partial charge in [0, 0.05) is 15.5 Å². The fourth-order valence-electron chi connectivity index (χ4n) is 3.37. The van der Waals surface area contributed by atoms with E-state index in [1.807, 2.05) is 24.3 Å². The lowest BCUT2D eigenvalue weighted by Crippen LogP contribution is -3.07. The SMILES string of the molecule is C[NH+](CCC(=O)Nc1sc2c(c1C#N)CCCC2)Cc1cccc(Cl)c1. The maximum atomic E-state index is 12.4. The Labute approximate surface area is 163 Å². The molecule has 0 radical (unpaired) electrons. The lowest BCUT2D eigenvalue weighted by Gasteiger charge is -2.14. The van der Waals surface area contributed by atoms with Crippen LogP contribution in [0.15, 0.2) is 24.3 Å². The normalized spacial score (nSPS) is 14.3. The van der Waals surface area contributed by atoms with Crippen molar-refractivity contribution in [3.05, 3.63) is 50.9 Å². The predicted molar refractivity (Wildman–Crippen MR) is 106 cm³/mol. The molecule has 1 amide bonds. The second-order valence-electron chi connectivity index (χ2n) is 6.84. The van der Waals surface area contributed by atoms with Gasteiger partial charge >= 0.3 is 0 Å². The van der Waals surface area contributed by atoms with E-state index in [9.17, 15) is 10.1 Å². The van der Waals surface area contributed by atoms with E-state index < -0.39 is 0 Å². The average Bonchev–Trinajstić information content (AvgIpc) is 2.97. The molecule has 0 bridgehead atoms. The molecular formula is C20H23ClN3OS+. The number of fused-ring (bicyclic) bond motifs is 1. The van der Waals surface area contributed by atoms with E-state index in [0.717, 1.165) is 53.5 Å². The molecular weight excluding hydrogens is 366 g/mol. The maximum absolute atomic E-state index is 12.4. The first-order valence-corrected chi connectivity index (χ1v) is 10.2. The van der Waals surface area contributed by atoms with Gasteiger partial charge in [0.05, 0.1) is 25.6 Å². The quantitative estimate of drug-likeness (QED) is 0.798. The van der Waals surface area contributed by atoms with Gasteiger partial charge in [0.15, 0.2) is 0 Å². The summed E-state index contributed by atoms with van der Waals surface area (Å²) < 4.78 is 0. The zero-order chi connectivity index (χ0) is 18.5. The van der Waals surface area contributed by atoms with Crippen LogP contribution in [0, 0.1) is 11.3 Å². The van der Waals surface area contributed by atoms with Gasteiger partial charge in [-0.2, -0.15) is 5.26 Å². The van der Waals surface area contributed by atoms with Crippen LogP contribution in [0.5, 0.6) is 0 Å². The third kappa shape index (κ3) is 4.64. The van der Waals surface area contributed by atoms with Crippen molar-refractivity contribution in [2.45, 2.75) is 38.6 Å². The number of aryl methyl sites for hydroxylation is 1. The number of benzene rings is 1. The summed E-state index contributed by atoms with van der Waals surface area (Å²) in [6.45, 7) is 1.55. The molecule has 1 unspecified atom stereocenters. The van der Waals surface area contributed by atoms with Crippen molar-refractivity contribution < 1.29 is 9.69 Å². The highest BCUT2D eigenvalue weighted by molar-refractivity contribution is 7.16. The Morgan fingerprint density at radius 3 is 2.96 bits per heavy atom. The number of nitriles is 1. The van der Waals surface area contributed by atoms with Crippen molar-refractivity contribution in [3.63, 3.8) is 0 Å². The van der Waals surface area contributed by atoms with Gasteiger partial charge in [-0.1, -0.05) is 23.7 Å². The molecule has 0 saturated carbocycles. The highest BCUT2D eigenvalue weighted by atomic mass is 35.5. The minimum absolute atomic E-state index is 0.0226. The largest absolute Gasteiger partial charge is 0.333 e. The van der Waals surface area contributed by atoms with Gasteiger partial charge in [0.25, 0.3) is 0 Å². The van der Waals surface area contributed by atoms with Gasteiger partial charge in [0.2, 0.25) is 5.91 Å². The van der Waals surface area contributed by atoms with Crippen LogP contribution < -0.4 is 10.2 Å². The number of quaternary nitrogens is 1. The molecule has 1 aromatic heterocycles. The summed E-state index contributed by atoms with van der Waals surface area (Å²) in [6.07, 6.45) is 4.71. The molecule has 1 heterocycles. The molecule has 3 rings (SSSR count). The number of nitrogens with zero attached hydrogens (tertiary/aromatic N) is 1. The van der Waals surface area contributed by atoms with E-state index in [2.05, 4.69) is 18.4 Å². The van der Waals surface area contributed by atoms with Gasteiger partial charge in [-0.25, -0.2) is 0 Å². The summed E-state index contributed by atoms with van der Waals surface area (Å²) in [6, 6.07) is 10.1. The number of carbonyl (C=O) groups excluding carboxylic acids is 1. The first kappa shape index (κ1) is 18.9. The lowest BCUT2D eigenvalue weighted by atomic mass is 9.96. The first-order chi connectivity index (χ1) is 12.6. The minimum Gasteiger partial charge on any atom is -0.333 e. The Balaban J connectivity index is 1.54. The van der Waals surface area contributed by atoms with Gasteiger partial charge in [0.1, 0.15) is 17.6 Å². The van der Waals surface area contributed by atoms with E-state index in [1.165, 1.54) is 16.2 Å². The number of anilines is 1. The van der Waals surface area contributed by atoms with Crippen LogP contribution in [0.4, 0.5) is 5.00 Å². The third-order valence-electron chi connectivity index (χ3n) is 4.71. The number of hydrogen-bond donors (Lipinski definition) is 2. The summed E-state index contributed by atoms with van der Waals surface area (Å²) in [5.74, 6) is -0.0226. The zero-order valence-electron chi connectivity index (χ0n) is 14.9. The number of hydrogen-bond acceptors (Lipinski definition) is 3. The highest BCUT2D eigenvalue weighted by Crippen LogP contribution is 2.37.